The number of carbonyl (C=O) groups excluding carboxylic acids is 2. The smallest absolute Gasteiger partial charge is 0.248 e. The number of amides is 2. The zero-order valence-electron chi connectivity index (χ0n) is 12.5. The molecule has 0 atom stereocenters. The van der Waals surface area contributed by atoms with E-state index in [2.05, 4.69) is 0 Å². The second kappa shape index (κ2) is 9.18. The predicted molar refractivity (Wildman–Crippen MR) is 74.9 cm³/mol. The maximum atomic E-state index is 12.4. The van der Waals surface area contributed by atoms with Crippen LogP contribution in [0.1, 0.15) is 25.7 Å². The fourth-order valence-electron chi connectivity index (χ4n) is 3.09. The summed E-state index contributed by atoms with van der Waals surface area (Å²) in [7, 11) is 0. The Balaban J connectivity index is 0.00000220. The molecule has 2 saturated heterocycles. The third kappa shape index (κ3) is 4.98. The Morgan fingerprint density at radius 2 is 1.52 bits per heavy atom. The molecule has 2 amide bonds. The van der Waals surface area contributed by atoms with Crippen molar-refractivity contribution in [1.82, 2.24) is 9.80 Å². The summed E-state index contributed by atoms with van der Waals surface area (Å²) < 4.78 is 0. The van der Waals surface area contributed by atoms with Gasteiger partial charge in [0.05, 0.1) is 0 Å². The van der Waals surface area contributed by atoms with Crippen molar-refractivity contribution in [3.8, 4) is 0 Å². The van der Waals surface area contributed by atoms with Crippen LogP contribution in [0.25, 0.3) is 5.73 Å². The molecule has 0 bridgehead atoms. The SMILES string of the molecule is [NH-]CC1CCN(C(=O)C2CCN(C(=O)CO)CC2)CC1.[Y]. The van der Waals surface area contributed by atoms with Gasteiger partial charge in [0.2, 0.25) is 11.8 Å². The first-order valence-corrected chi connectivity index (χ1v) is 7.47. The average Bonchev–Trinajstić information content (AvgIpc) is 2.53. The quantitative estimate of drug-likeness (QED) is 0.784. The van der Waals surface area contributed by atoms with E-state index in [0.717, 1.165) is 25.9 Å². The van der Waals surface area contributed by atoms with Gasteiger partial charge in [-0.15, -0.1) is 6.54 Å². The number of nitrogens with one attached hydrogen (secondary N) is 1. The predicted octanol–water partition coefficient (Wildman–Crippen LogP) is 0.506. The Morgan fingerprint density at radius 1 is 1.00 bits per heavy atom. The van der Waals surface area contributed by atoms with Gasteiger partial charge in [0.1, 0.15) is 6.61 Å². The third-order valence-electron chi connectivity index (χ3n) is 4.55. The molecule has 0 aromatic heterocycles. The molecule has 0 unspecified atom stereocenters. The molecule has 1 radical (unpaired) electrons. The molecule has 6 nitrogen and oxygen atoms in total. The van der Waals surface area contributed by atoms with Crippen molar-refractivity contribution in [2.45, 2.75) is 25.7 Å². The fraction of sp³-hybridized carbons (Fsp3) is 0.857. The summed E-state index contributed by atoms with van der Waals surface area (Å²) in [4.78, 5) is 27.4. The molecule has 0 aromatic rings. The molecule has 0 aromatic carbocycles. The van der Waals surface area contributed by atoms with E-state index in [-0.39, 0.29) is 50.4 Å². The van der Waals surface area contributed by atoms with Crippen LogP contribution in [-0.2, 0) is 42.3 Å². The van der Waals surface area contributed by atoms with Gasteiger partial charge in [-0.25, -0.2) is 0 Å². The molecule has 2 fully saturated rings. The zero-order valence-corrected chi connectivity index (χ0v) is 15.3. The minimum absolute atomic E-state index is 0. The van der Waals surface area contributed by atoms with E-state index in [0.29, 0.717) is 38.4 Å². The molecule has 0 aliphatic carbocycles. The average molecular weight is 371 g/mol. The van der Waals surface area contributed by atoms with Gasteiger partial charge in [-0.3, -0.25) is 9.59 Å². The number of aliphatic hydroxyl groups excluding tert-OH is 1. The van der Waals surface area contributed by atoms with E-state index in [1.54, 1.807) is 4.90 Å². The van der Waals surface area contributed by atoms with Crippen LogP contribution in [-0.4, -0.2) is 66.1 Å². The van der Waals surface area contributed by atoms with E-state index < -0.39 is 6.61 Å². The van der Waals surface area contributed by atoms with Crippen LogP contribution in [0.4, 0.5) is 0 Å². The van der Waals surface area contributed by atoms with Gasteiger partial charge in [0.15, 0.2) is 0 Å². The molecule has 2 heterocycles. The van der Waals surface area contributed by atoms with Crippen LogP contribution >= 0.6 is 0 Å². The molecule has 2 aliphatic heterocycles. The van der Waals surface area contributed by atoms with Gasteiger partial charge in [0, 0.05) is 64.8 Å². The number of hydrogen-bond donors (Lipinski definition) is 1. The zero-order chi connectivity index (χ0) is 14.5. The molecule has 7 heteroatoms. The molecule has 0 spiro atoms. The molecular formula is C14H24N3O3Y-. The first kappa shape index (κ1) is 19.0. The van der Waals surface area contributed by atoms with E-state index in [1.165, 1.54) is 0 Å². The van der Waals surface area contributed by atoms with E-state index >= 15 is 0 Å². The van der Waals surface area contributed by atoms with Crippen LogP contribution < -0.4 is 0 Å². The number of nitrogens with zero attached hydrogens (tertiary/aromatic N) is 2. The molecule has 117 valence electrons. The van der Waals surface area contributed by atoms with Gasteiger partial charge in [0.25, 0.3) is 0 Å². The minimum atomic E-state index is -0.445. The maximum absolute atomic E-state index is 12.4. The summed E-state index contributed by atoms with van der Waals surface area (Å²) in [6.07, 6.45) is 3.28. The second-order valence-electron chi connectivity index (χ2n) is 5.79. The van der Waals surface area contributed by atoms with Gasteiger partial charge in [-0.1, -0.05) is 5.92 Å². The molecule has 2 aliphatic rings. The van der Waals surface area contributed by atoms with Gasteiger partial charge in [-0.2, -0.15) is 0 Å². The number of hydrogen-bond acceptors (Lipinski definition) is 3. The fourth-order valence-corrected chi connectivity index (χ4v) is 3.09. The summed E-state index contributed by atoms with van der Waals surface area (Å²) in [6, 6.07) is 0. The molecule has 2 N–H and O–H groups in total. The maximum Gasteiger partial charge on any atom is 0.248 e. The number of carbonyl (C=O) groups is 2. The van der Waals surface area contributed by atoms with Gasteiger partial charge >= 0.3 is 0 Å². The van der Waals surface area contributed by atoms with Crippen LogP contribution in [0.2, 0.25) is 0 Å². The topological polar surface area (TPSA) is 84.7 Å². The standard InChI is InChI=1S/C14H24N3O3.Y/c15-9-11-1-5-17(6-2-11)14(20)12-3-7-16(8-4-12)13(19)10-18;/h11-12,15,18H,1-10H2;/q-1;. The first-order valence-electron chi connectivity index (χ1n) is 7.47. The largest absolute Gasteiger partial charge is 0.677 e. The Hall–Kier alpha value is -0.0361. The van der Waals surface area contributed by atoms with Crippen molar-refractivity contribution in [1.29, 1.82) is 0 Å². The number of likely N-dealkylation sites (tertiary alicyclic amines) is 2. The number of rotatable bonds is 3. The van der Waals surface area contributed by atoms with Crippen LogP contribution in [0.15, 0.2) is 0 Å². The third-order valence-corrected chi connectivity index (χ3v) is 4.55. The molecule has 0 saturated carbocycles. The summed E-state index contributed by atoms with van der Waals surface area (Å²) >= 11 is 0. The van der Waals surface area contributed by atoms with E-state index in [1.807, 2.05) is 4.90 Å². The van der Waals surface area contributed by atoms with Crippen molar-refractivity contribution >= 4 is 11.8 Å². The Morgan fingerprint density at radius 3 is 2.00 bits per heavy atom. The Labute approximate surface area is 151 Å². The van der Waals surface area contributed by atoms with Crippen LogP contribution in [0, 0.1) is 11.8 Å². The normalized spacial score (nSPS) is 21.0. The van der Waals surface area contributed by atoms with Crippen molar-refractivity contribution in [3.63, 3.8) is 0 Å². The van der Waals surface area contributed by atoms with E-state index in [4.69, 9.17) is 10.8 Å². The van der Waals surface area contributed by atoms with Gasteiger partial charge < -0.3 is 20.6 Å². The summed E-state index contributed by atoms with van der Waals surface area (Å²) in [5.74, 6) is 0.435. The monoisotopic (exact) mass is 371 g/mol. The van der Waals surface area contributed by atoms with Crippen molar-refractivity contribution < 1.29 is 47.4 Å². The summed E-state index contributed by atoms with van der Waals surface area (Å²) in [6.45, 7) is 2.71. The molecule has 21 heavy (non-hydrogen) atoms. The Kier molecular flexibility index (Phi) is 8.31. The van der Waals surface area contributed by atoms with Crippen molar-refractivity contribution in [2.24, 2.45) is 11.8 Å². The second-order valence-corrected chi connectivity index (χ2v) is 5.79. The number of aliphatic hydroxyl groups is 1. The first-order chi connectivity index (χ1) is 9.65. The van der Waals surface area contributed by atoms with Crippen LogP contribution in [0.5, 0.6) is 0 Å². The van der Waals surface area contributed by atoms with Crippen molar-refractivity contribution in [3.05, 3.63) is 5.73 Å². The Bertz CT molecular complexity index is 351. The summed E-state index contributed by atoms with van der Waals surface area (Å²) in [5.41, 5.74) is 7.39. The minimum Gasteiger partial charge on any atom is -0.677 e. The van der Waals surface area contributed by atoms with Crippen molar-refractivity contribution in [2.75, 3.05) is 39.3 Å². The summed E-state index contributed by atoms with van der Waals surface area (Å²) in [5, 5.41) is 8.83. The van der Waals surface area contributed by atoms with E-state index in [9.17, 15) is 9.59 Å². The van der Waals surface area contributed by atoms with Crippen LogP contribution in [0.3, 0.4) is 0 Å². The number of piperidine rings is 2. The molecular weight excluding hydrogens is 347 g/mol. The molecule has 2 rings (SSSR count). The van der Waals surface area contributed by atoms with Gasteiger partial charge in [-0.05, 0) is 25.7 Å².